The van der Waals surface area contributed by atoms with Crippen LogP contribution in [0.2, 0.25) is 0 Å². The third-order valence-electron chi connectivity index (χ3n) is 4.24. The summed E-state index contributed by atoms with van der Waals surface area (Å²) in [6, 6.07) is 21.1. The molecule has 3 aromatic carbocycles. The van der Waals surface area contributed by atoms with Crippen LogP contribution < -0.4 is 5.32 Å². The third-order valence-corrected chi connectivity index (χ3v) is 4.24. The number of oxazole rings is 1. The Hall–Kier alpha value is -3.93. The molecule has 6 nitrogen and oxygen atoms in total. The van der Waals surface area contributed by atoms with Gasteiger partial charge in [0.05, 0.1) is 12.7 Å². The van der Waals surface area contributed by atoms with Crippen LogP contribution in [-0.4, -0.2) is 24.0 Å². The van der Waals surface area contributed by atoms with Crippen molar-refractivity contribution in [3.8, 4) is 11.5 Å². The van der Waals surface area contributed by atoms with Gasteiger partial charge in [0, 0.05) is 22.9 Å². The van der Waals surface area contributed by atoms with Crippen molar-refractivity contribution in [1.29, 1.82) is 0 Å². The Bertz CT molecular complexity index is 1150. The minimum atomic E-state index is -0.447. The Kier molecular flexibility index (Phi) is 4.60. The van der Waals surface area contributed by atoms with Crippen molar-refractivity contribution in [3.63, 3.8) is 0 Å². The van der Waals surface area contributed by atoms with Crippen molar-refractivity contribution >= 4 is 28.7 Å². The lowest BCUT2D eigenvalue weighted by Gasteiger charge is -2.05. The van der Waals surface area contributed by atoms with E-state index in [0.29, 0.717) is 33.8 Å². The summed E-state index contributed by atoms with van der Waals surface area (Å²) in [5, 5.41) is 2.82. The molecule has 0 radical (unpaired) electrons. The van der Waals surface area contributed by atoms with Crippen LogP contribution in [-0.2, 0) is 4.74 Å². The summed E-state index contributed by atoms with van der Waals surface area (Å²) >= 11 is 0. The summed E-state index contributed by atoms with van der Waals surface area (Å²) in [7, 11) is 1.31. The Balaban J connectivity index is 1.54. The first-order chi connectivity index (χ1) is 13.6. The molecular weight excluding hydrogens is 356 g/mol. The smallest absolute Gasteiger partial charge is 0.337 e. The van der Waals surface area contributed by atoms with Crippen molar-refractivity contribution in [2.24, 2.45) is 0 Å². The van der Waals surface area contributed by atoms with E-state index >= 15 is 0 Å². The number of aromatic nitrogens is 1. The molecule has 0 saturated heterocycles. The third kappa shape index (κ3) is 3.48. The highest BCUT2D eigenvalue weighted by atomic mass is 16.5. The number of ether oxygens (including phenoxy) is 1. The molecule has 1 amide bonds. The molecule has 1 N–H and O–H groups in total. The highest BCUT2D eigenvalue weighted by Gasteiger charge is 2.12. The highest BCUT2D eigenvalue weighted by molar-refractivity contribution is 6.05. The number of carbonyl (C=O) groups excluding carboxylic acids is 2. The van der Waals surface area contributed by atoms with Gasteiger partial charge in [0.15, 0.2) is 5.58 Å². The first kappa shape index (κ1) is 17.5. The van der Waals surface area contributed by atoms with Gasteiger partial charge < -0.3 is 14.5 Å². The molecule has 0 aliphatic heterocycles. The predicted molar refractivity (Wildman–Crippen MR) is 105 cm³/mol. The number of nitrogens with zero attached hydrogens (tertiary/aromatic N) is 1. The predicted octanol–water partition coefficient (Wildman–Crippen LogP) is 4.53. The molecule has 28 heavy (non-hydrogen) atoms. The Morgan fingerprint density at radius 1 is 0.929 bits per heavy atom. The lowest BCUT2D eigenvalue weighted by Crippen LogP contribution is -2.12. The normalized spacial score (nSPS) is 10.6. The monoisotopic (exact) mass is 372 g/mol. The second-order valence-electron chi connectivity index (χ2n) is 6.09. The van der Waals surface area contributed by atoms with Gasteiger partial charge in [-0.1, -0.05) is 18.2 Å². The van der Waals surface area contributed by atoms with Gasteiger partial charge in [-0.2, -0.15) is 0 Å². The molecule has 1 aromatic heterocycles. The maximum absolute atomic E-state index is 12.5. The molecule has 0 spiro atoms. The van der Waals surface area contributed by atoms with Crippen molar-refractivity contribution in [3.05, 3.63) is 83.9 Å². The number of esters is 1. The van der Waals surface area contributed by atoms with Crippen LogP contribution >= 0.6 is 0 Å². The zero-order valence-corrected chi connectivity index (χ0v) is 15.0. The zero-order chi connectivity index (χ0) is 19.5. The first-order valence-corrected chi connectivity index (χ1v) is 8.60. The molecule has 4 rings (SSSR count). The summed E-state index contributed by atoms with van der Waals surface area (Å²) in [5.74, 6) is -0.215. The number of nitrogens with one attached hydrogen (secondary N) is 1. The van der Waals surface area contributed by atoms with Gasteiger partial charge in [-0.05, 0) is 48.5 Å². The molecule has 0 aliphatic carbocycles. The van der Waals surface area contributed by atoms with E-state index in [1.54, 1.807) is 42.5 Å². The fraction of sp³-hybridized carbons (Fsp3) is 0.0455. The molecule has 0 fully saturated rings. The standard InChI is InChI=1S/C22H16N2O4/c1-27-22(26)16-9-7-14(8-10-16)20(25)23-17-11-12-18-19(13-17)28-21(24-18)15-5-3-2-4-6-15/h2-13H,1H3,(H,23,25). The molecule has 1 heterocycles. The number of carbonyl (C=O) groups is 2. The molecule has 0 saturated carbocycles. The maximum atomic E-state index is 12.5. The summed E-state index contributed by atoms with van der Waals surface area (Å²) < 4.78 is 10.5. The number of anilines is 1. The number of methoxy groups -OCH3 is 1. The van der Waals surface area contributed by atoms with Crippen LogP contribution in [0, 0.1) is 0 Å². The SMILES string of the molecule is COC(=O)c1ccc(C(=O)Nc2ccc3nc(-c4ccccc4)oc3c2)cc1. The maximum Gasteiger partial charge on any atom is 0.337 e. The van der Waals surface area contributed by atoms with Gasteiger partial charge in [0.2, 0.25) is 5.89 Å². The Morgan fingerprint density at radius 2 is 1.64 bits per heavy atom. The number of fused-ring (bicyclic) bond motifs is 1. The number of rotatable bonds is 4. The highest BCUT2D eigenvalue weighted by Crippen LogP contribution is 2.26. The summed E-state index contributed by atoms with van der Waals surface area (Å²) in [6.45, 7) is 0. The summed E-state index contributed by atoms with van der Waals surface area (Å²) in [5.41, 5.74) is 3.57. The van der Waals surface area contributed by atoms with Crippen LogP contribution in [0.5, 0.6) is 0 Å². The van der Waals surface area contributed by atoms with Crippen LogP contribution in [0.25, 0.3) is 22.6 Å². The number of hydrogen-bond acceptors (Lipinski definition) is 5. The van der Waals surface area contributed by atoms with Crippen LogP contribution in [0.1, 0.15) is 20.7 Å². The minimum Gasteiger partial charge on any atom is -0.465 e. The van der Waals surface area contributed by atoms with E-state index < -0.39 is 5.97 Å². The van der Waals surface area contributed by atoms with Gasteiger partial charge in [-0.15, -0.1) is 0 Å². The van der Waals surface area contributed by atoms with E-state index in [9.17, 15) is 9.59 Å². The number of hydrogen-bond donors (Lipinski definition) is 1. The van der Waals surface area contributed by atoms with E-state index in [2.05, 4.69) is 15.0 Å². The average molecular weight is 372 g/mol. The second-order valence-corrected chi connectivity index (χ2v) is 6.09. The van der Waals surface area contributed by atoms with E-state index in [-0.39, 0.29) is 5.91 Å². The molecule has 4 aromatic rings. The molecular formula is C22H16N2O4. The van der Waals surface area contributed by atoms with Crippen molar-refractivity contribution in [2.75, 3.05) is 12.4 Å². The molecule has 0 bridgehead atoms. The Morgan fingerprint density at radius 3 is 2.36 bits per heavy atom. The van der Waals surface area contributed by atoms with Gasteiger partial charge in [0.25, 0.3) is 5.91 Å². The summed E-state index contributed by atoms with van der Waals surface area (Å²) in [6.07, 6.45) is 0. The van der Waals surface area contributed by atoms with Gasteiger partial charge >= 0.3 is 5.97 Å². The first-order valence-electron chi connectivity index (χ1n) is 8.60. The average Bonchev–Trinajstić information content (AvgIpc) is 3.17. The van der Waals surface area contributed by atoms with Gasteiger partial charge in [-0.25, -0.2) is 9.78 Å². The lowest BCUT2D eigenvalue weighted by atomic mass is 10.1. The van der Waals surface area contributed by atoms with Crippen molar-refractivity contribution in [2.45, 2.75) is 0 Å². The topological polar surface area (TPSA) is 81.4 Å². The van der Waals surface area contributed by atoms with Crippen molar-refractivity contribution < 1.29 is 18.7 Å². The largest absolute Gasteiger partial charge is 0.465 e. The van der Waals surface area contributed by atoms with E-state index in [0.717, 1.165) is 5.56 Å². The second kappa shape index (κ2) is 7.36. The molecule has 138 valence electrons. The fourth-order valence-corrected chi connectivity index (χ4v) is 2.79. The number of benzene rings is 3. The molecule has 0 unspecified atom stereocenters. The Labute approximate surface area is 160 Å². The van der Waals surface area contributed by atoms with E-state index in [4.69, 9.17) is 4.42 Å². The lowest BCUT2D eigenvalue weighted by molar-refractivity contribution is 0.0600. The molecule has 0 aliphatic rings. The fourth-order valence-electron chi connectivity index (χ4n) is 2.79. The quantitative estimate of drug-likeness (QED) is 0.532. The van der Waals surface area contributed by atoms with Gasteiger partial charge in [0.1, 0.15) is 5.52 Å². The summed E-state index contributed by atoms with van der Waals surface area (Å²) in [4.78, 5) is 28.4. The van der Waals surface area contributed by atoms with Crippen LogP contribution in [0.4, 0.5) is 5.69 Å². The van der Waals surface area contributed by atoms with Crippen LogP contribution in [0.3, 0.4) is 0 Å². The van der Waals surface area contributed by atoms with Crippen molar-refractivity contribution in [1.82, 2.24) is 4.98 Å². The van der Waals surface area contributed by atoms with E-state index in [1.807, 2.05) is 30.3 Å². The van der Waals surface area contributed by atoms with E-state index in [1.165, 1.54) is 7.11 Å². The van der Waals surface area contributed by atoms with Crippen LogP contribution in [0.15, 0.2) is 77.2 Å². The number of amides is 1. The zero-order valence-electron chi connectivity index (χ0n) is 15.0. The molecule has 6 heteroatoms. The minimum absolute atomic E-state index is 0.293. The van der Waals surface area contributed by atoms with Gasteiger partial charge in [-0.3, -0.25) is 4.79 Å². The molecule has 0 atom stereocenters.